The van der Waals surface area contributed by atoms with Crippen molar-refractivity contribution in [3.63, 3.8) is 0 Å². The van der Waals surface area contributed by atoms with E-state index >= 15 is 0 Å². The lowest BCUT2D eigenvalue weighted by Crippen LogP contribution is -2.23. The zero-order valence-corrected chi connectivity index (χ0v) is 19.2. The molecule has 0 atom stereocenters. The van der Waals surface area contributed by atoms with Crippen molar-refractivity contribution in [2.45, 2.75) is 23.7 Å². The molecule has 0 aliphatic heterocycles. The van der Waals surface area contributed by atoms with Crippen molar-refractivity contribution in [1.29, 1.82) is 0 Å². The molecule has 2 N–H and O–H groups in total. The Morgan fingerprint density at radius 3 is 2.17 bits per heavy atom. The van der Waals surface area contributed by atoms with E-state index < -0.39 is 32.1 Å². The van der Waals surface area contributed by atoms with E-state index in [1.54, 1.807) is 30.3 Å². The number of para-hydroxylation sites is 2. The summed E-state index contributed by atoms with van der Waals surface area (Å²) in [4.78, 5) is 24.7. The van der Waals surface area contributed by atoms with Crippen LogP contribution in [0.5, 0.6) is 5.75 Å². The van der Waals surface area contributed by atoms with Gasteiger partial charge in [-0.1, -0.05) is 37.3 Å². The van der Waals surface area contributed by atoms with Crippen molar-refractivity contribution < 1.29 is 35.9 Å². The van der Waals surface area contributed by atoms with Crippen LogP contribution in [-0.4, -0.2) is 32.3 Å². The van der Waals surface area contributed by atoms with Crippen molar-refractivity contribution in [1.82, 2.24) is 0 Å². The molecule has 7 nitrogen and oxygen atoms in total. The third-order valence-electron chi connectivity index (χ3n) is 4.72. The number of benzene rings is 3. The molecule has 35 heavy (non-hydrogen) atoms. The van der Waals surface area contributed by atoms with Crippen LogP contribution in [0.3, 0.4) is 0 Å². The molecule has 0 aliphatic rings. The number of hydrogen-bond donors (Lipinski definition) is 2. The largest absolute Gasteiger partial charge is 0.501 e. The van der Waals surface area contributed by atoms with Crippen LogP contribution in [0.4, 0.5) is 24.5 Å². The fraction of sp³-hybridized carbons (Fsp3) is 0.167. The quantitative estimate of drug-likeness (QED) is 0.433. The minimum Gasteiger partial charge on any atom is -0.493 e. The Balaban J connectivity index is 1.84. The van der Waals surface area contributed by atoms with Crippen molar-refractivity contribution in [3.8, 4) is 5.75 Å². The third-order valence-corrected chi connectivity index (χ3v) is 6.20. The lowest BCUT2D eigenvalue weighted by atomic mass is 10.1. The van der Waals surface area contributed by atoms with Gasteiger partial charge in [0.05, 0.1) is 28.3 Å². The molecule has 3 rings (SSSR count). The second-order valence-electron chi connectivity index (χ2n) is 7.28. The van der Waals surface area contributed by atoms with E-state index in [0.717, 1.165) is 18.6 Å². The molecule has 184 valence electrons. The molecule has 3 aromatic rings. The van der Waals surface area contributed by atoms with Gasteiger partial charge in [0.15, 0.2) is 0 Å². The summed E-state index contributed by atoms with van der Waals surface area (Å²) in [6.07, 6.45) is 0.741. The maximum absolute atomic E-state index is 12.9. The summed E-state index contributed by atoms with van der Waals surface area (Å²) in [6.45, 7) is 2.33. The minimum atomic E-state index is -5.59. The smallest absolute Gasteiger partial charge is 0.493 e. The molecule has 2 amide bonds. The molecule has 0 heterocycles. The highest BCUT2D eigenvalue weighted by Gasteiger charge is 2.46. The topological polar surface area (TPSA) is 102 Å². The Labute approximate surface area is 199 Å². The number of sulfone groups is 1. The van der Waals surface area contributed by atoms with Gasteiger partial charge in [-0.15, -0.1) is 0 Å². The summed E-state index contributed by atoms with van der Waals surface area (Å²) in [6, 6.07) is 16.4. The van der Waals surface area contributed by atoms with Gasteiger partial charge in [-0.25, -0.2) is 8.42 Å². The molecule has 0 aromatic heterocycles. The molecule has 3 aromatic carbocycles. The summed E-state index contributed by atoms with van der Waals surface area (Å²) in [5.41, 5.74) is -5.25. The van der Waals surface area contributed by atoms with E-state index in [2.05, 4.69) is 10.6 Å². The van der Waals surface area contributed by atoms with Gasteiger partial charge in [0.2, 0.25) is 0 Å². The van der Waals surface area contributed by atoms with Crippen LogP contribution >= 0.6 is 0 Å². The van der Waals surface area contributed by atoms with Crippen molar-refractivity contribution in [2.24, 2.45) is 0 Å². The number of ether oxygens (including phenoxy) is 1. The van der Waals surface area contributed by atoms with Crippen LogP contribution in [0.15, 0.2) is 77.7 Å². The Morgan fingerprint density at radius 1 is 0.857 bits per heavy atom. The monoisotopic (exact) mass is 506 g/mol. The highest BCUT2D eigenvalue weighted by molar-refractivity contribution is 7.92. The predicted octanol–water partition coefficient (Wildman–Crippen LogP) is 5.27. The normalized spacial score (nSPS) is 11.5. The van der Waals surface area contributed by atoms with E-state index in [-0.39, 0.29) is 22.5 Å². The molecule has 0 unspecified atom stereocenters. The number of nitrogens with one attached hydrogen (secondary N) is 2. The fourth-order valence-electron chi connectivity index (χ4n) is 3.04. The second-order valence-corrected chi connectivity index (χ2v) is 9.22. The summed E-state index contributed by atoms with van der Waals surface area (Å²) < 4.78 is 67.5. The van der Waals surface area contributed by atoms with Crippen LogP contribution in [0.1, 0.15) is 34.1 Å². The number of rotatable bonds is 8. The number of amides is 2. The zero-order chi connectivity index (χ0) is 25.6. The van der Waals surface area contributed by atoms with E-state index in [9.17, 15) is 31.2 Å². The van der Waals surface area contributed by atoms with Crippen LogP contribution in [0.25, 0.3) is 0 Å². The Morgan fingerprint density at radius 2 is 1.49 bits per heavy atom. The van der Waals surface area contributed by atoms with Gasteiger partial charge in [-0.05, 0) is 48.9 Å². The molecule has 0 saturated carbocycles. The van der Waals surface area contributed by atoms with E-state index in [0.29, 0.717) is 18.4 Å². The maximum Gasteiger partial charge on any atom is 0.501 e. The number of alkyl halides is 3. The van der Waals surface area contributed by atoms with E-state index in [1.807, 2.05) is 6.92 Å². The first-order valence-corrected chi connectivity index (χ1v) is 11.9. The Bertz CT molecular complexity index is 1340. The highest BCUT2D eigenvalue weighted by Crippen LogP contribution is 2.31. The molecule has 0 bridgehead atoms. The van der Waals surface area contributed by atoms with Gasteiger partial charge in [0, 0.05) is 5.69 Å². The number of halogens is 3. The number of carbonyl (C=O) groups is 2. The first-order valence-electron chi connectivity index (χ1n) is 10.4. The van der Waals surface area contributed by atoms with Gasteiger partial charge < -0.3 is 15.4 Å². The molecule has 0 spiro atoms. The summed E-state index contributed by atoms with van der Waals surface area (Å²) in [7, 11) is -5.59. The van der Waals surface area contributed by atoms with Gasteiger partial charge in [-0.2, -0.15) is 13.2 Å². The molecule has 0 fully saturated rings. The van der Waals surface area contributed by atoms with E-state index in [1.165, 1.54) is 24.3 Å². The SMILES string of the molecule is CCCOc1ccccc1C(=O)Nc1ccccc1C(=O)Nc1cccc(S(=O)(=O)C(F)(F)F)c1. The average molecular weight is 507 g/mol. The van der Waals surface area contributed by atoms with Crippen LogP contribution in [0.2, 0.25) is 0 Å². The van der Waals surface area contributed by atoms with E-state index in [4.69, 9.17) is 4.74 Å². The molecule has 11 heteroatoms. The molecule has 0 radical (unpaired) electrons. The summed E-state index contributed by atoms with van der Waals surface area (Å²) in [5.74, 6) is -0.926. The molecular formula is C24H21F3N2O5S. The van der Waals surface area contributed by atoms with Crippen LogP contribution in [-0.2, 0) is 9.84 Å². The summed E-state index contributed by atoms with van der Waals surface area (Å²) >= 11 is 0. The minimum absolute atomic E-state index is 0.0110. The van der Waals surface area contributed by atoms with Gasteiger partial charge in [-0.3, -0.25) is 9.59 Å². The standard InChI is InChI=1S/C24H21F3N2O5S/c1-2-14-34-21-13-6-4-11-19(21)23(31)29-20-12-5-3-10-18(20)22(30)28-16-8-7-9-17(15-16)35(32,33)24(25,26)27/h3-13,15H,2,14H2,1H3,(H,28,30)(H,29,31). The van der Waals surface area contributed by atoms with Crippen LogP contribution in [0, 0.1) is 0 Å². The van der Waals surface area contributed by atoms with Crippen molar-refractivity contribution in [3.05, 3.63) is 83.9 Å². The fourth-order valence-corrected chi connectivity index (χ4v) is 3.85. The van der Waals surface area contributed by atoms with Gasteiger partial charge >= 0.3 is 5.51 Å². The number of hydrogen-bond acceptors (Lipinski definition) is 5. The Hall–Kier alpha value is -3.86. The summed E-state index contributed by atoms with van der Waals surface area (Å²) in [5, 5.41) is 5.01. The molecule has 0 aliphatic carbocycles. The molecule has 0 saturated heterocycles. The average Bonchev–Trinajstić information content (AvgIpc) is 2.82. The number of anilines is 2. The van der Waals surface area contributed by atoms with Crippen molar-refractivity contribution in [2.75, 3.05) is 17.2 Å². The highest BCUT2D eigenvalue weighted by atomic mass is 32.2. The van der Waals surface area contributed by atoms with Crippen LogP contribution < -0.4 is 15.4 Å². The zero-order valence-electron chi connectivity index (χ0n) is 18.4. The predicted molar refractivity (Wildman–Crippen MR) is 124 cm³/mol. The first-order chi connectivity index (χ1) is 16.5. The third kappa shape index (κ3) is 5.99. The lowest BCUT2D eigenvalue weighted by Gasteiger charge is -2.14. The number of carbonyl (C=O) groups excluding carboxylic acids is 2. The second kappa shape index (κ2) is 10.6. The Kier molecular flexibility index (Phi) is 7.80. The van der Waals surface area contributed by atoms with Crippen molar-refractivity contribution >= 4 is 33.0 Å². The maximum atomic E-state index is 12.9. The van der Waals surface area contributed by atoms with Gasteiger partial charge in [0.1, 0.15) is 5.75 Å². The van der Waals surface area contributed by atoms with Gasteiger partial charge in [0.25, 0.3) is 21.7 Å². The lowest BCUT2D eigenvalue weighted by molar-refractivity contribution is -0.0436. The first kappa shape index (κ1) is 25.8. The molecular weight excluding hydrogens is 485 g/mol.